The molecule has 1 aromatic rings. The Hall–Kier alpha value is -1.59. The summed E-state index contributed by atoms with van der Waals surface area (Å²) in [6.07, 6.45) is 9.83. The number of nitrogens with zero attached hydrogens (tertiary/aromatic N) is 2. The van der Waals surface area contributed by atoms with E-state index in [9.17, 15) is 10.0 Å². The van der Waals surface area contributed by atoms with Gasteiger partial charge in [0.25, 0.3) is 0 Å². The molecule has 0 aliphatic heterocycles. The molecule has 114 valence electrons. The lowest BCUT2D eigenvalue weighted by molar-refractivity contribution is -0.774. The van der Waals surface area contributed by atoms with E-state index in [1.165, 1.54) is 6.42 Å². The molecule has 5 nitrogen and oxygen atoms in total. The summed E-state index contributed by atoms with van der Waals surface area (Å²) in [7, 11) is 0. The fourth-order valence-electron chi connectivity index (χ4n) is 2.76. The summed E-state index contributed by atoms with van der Waals surface area (Å²) in [6.45, 7) is 2.03. The molecule has 5 heteroatoms. The molecule has 2 rings (SSSR count). The molecule has 1 aliphatic rings. The Morgan fingerprint density at radius 1 is 1.33 bits per heavy atom. The molecule has 1 heterocycles. The Kier molecular flexibility index (Phi) is 6.02. The fourth-order valence-corrected chi connectivity index (χ4v) is 2.76. The van der Waals surface area contributed by atoms with Crippen molar-refractivity contribution in [2.24, 2.45) is 11.0 Å². The van der Waals surface area contributed by atoms with Crippen LogP contribution in [0.2, 0.25) is 0 Å². The SMILES string of the molecule is CCCC(=N[NH+]([O-])C(=O)C1CCCCC1)c1ccncc1. The highest BCUT2D eigenvalue weighted by Crippen LogP contribution is 2.22. The Morgan fingerprint density at radius 2 is 2.00 bits per heavy atom. The van der Waals surface area contributed by atoms with Crippen LogP contribution in [0.5, 0.6) is 0 Å². The van der Waals surface area contributed by atoms with Gasteiger partial charge < -0.3 is 5.21 Å². The Balaban J connectivity index is 2.11. The lowest BCUT2D eigenvalue weighted by atomic mass is 9.89. The van der Waals surface area contributed by atoms with E-state index in [0.29, 0.717) is 12.1 Å². The summed E-state index contributed by atoms with van der Waals surface area (Å²) in [5, 5.41) is 15.7. The van der Waals surface area contributed by atoms with Crippen LogP contribution in [0, 0.1) is 11.1 Å². The fraction of sp³-hybridized carbons (Fsp3) is 0.562. The van der Waals surface area contributed by atoms with E-state index in [4.69, 9.17) is 0 Å². The second-order valence-corrected chi connectivity index (χ2v) is 5.55. The minimum atomic E-state index is -0.581. The van der Waals surface area contributed by atoms with E-state index < -0.39 is 5.17 Å². The molecule has 21 heavy (non-hydrogen) atoms. The number of rotatable bonds is 5. The number of hydrogen-bond donors (Lipinski definition) is 1. The molecule has 0 saturated heterocycles. The number of hydroxylamine groups is 1. The zero-order valence-electron chi connectivity index (χ0n) is 12.5. The van der Waals surface area contributed by atoms with Crippen LogP contribution in [0.25, 0.3) is 0 Å². The monoisotopic (exact) mass is 289 g/mol. The maximum absolute atomic E-state index is 12.2. The molecule has 1 N–H and O–H groups in total. The molecule has 1 aliphatic carbocycles. The number of quaternary nitrogens is 1. The molecule has 0 radical (unpaired) electrons. The molecule has 1 fully saturated rings. The molecule has 0 bridgehead atoms. The number of nitrogens with one attached hydrogen (secondary N) is 1. The van der Waals surface area contributed by atoms with Gasteiger partial charge in [0.15, 0.2) is 0 Å². The molecule has 0 spiro atoms. The zero-order valence-corrected chi connectivity index (χ0v) is 12.5. The minimum absolute atomic E-state index is 0.115. The number of aromatic nitrogens is 1. The van der Waals surface area contributed by atoms with Gasteiger partial charge in [-0.1, -0.05) is 37.7 Å². The highest BCUT2D eigenvalue weighted by Gasteiger charge is 2.27. The number of carbonyl (C=O) groups is 1. The Bertz CT molecular complexity index is 482. The topological polar surface area (TPSA) is 69.8 Å². The highest BCUT2D eigenvalue weighted by molar-refractivity contribution is 6.00. The van der Waals surface area contributed by atoms with Gasteiger partial charge in [0.05, 0.1) is 5.92 Å². The van der Waals surface area contributed by atoms with E-state index in [2.05, 4.69) is 10.1 Å². The average Bonchev–Trinajstić information content (AvgIpc) is 2.55. The van der Waals surface area contributed by atoms with E-state index in [0.717, 1.165) is 37.7 Å². The summed E-state index contributed by atoms with van der Waals surface area (Å²) in [6, 6.07) is 3.65. The van der Waals surface area contributed by atoms with E-state index in [-0.39, 0.29) is 11.8 Å². The standard InChI is InChI=1S/C16H23N3O2/c1-2-6-15(13-9-11-17-12-10-13)18-19(21)16(20)14-7-4-3-5-8-14/h9-12,14,19H,2-8H2,1H3. The van der Waals surface area contributed by atoms with Crippen molar-refractivity contribution >= 4 is 11.6 Å². The van der Waals surface area contributed by atoms with Crippen molar-refractivity contribution in [3.05, 3.63) is 35.3 Å². The van der Waals surface area contributed by atoms with Crippen LogP contribution in [0.1, 0.15) is 57.4 Å². The highest BCUT2D eigenvalue weighted by atomic mass is 16.5. The van der Waals surface area contributed by atoms with Crippen molar-refractivity contribution < 1.29 is 9.97 Å². The van der Waals surface area contributed by atoms with E-state index >= 15 is 0 Å². The first-order valence-electron chi connectivity index (χ1n) is 7.78. The summed E-state index contributed by atoms with van der Waals surface area (Å²) < 4.78 is 0. The third-order valence-electron chi connectivity index (χ3n) is 3.92. The van der Waals surface area contributed by atoms with Crippen LogP contribution >= 0.6 is 0 Å². The Labute approximate surface area is 125 Å². The van der Waals surface area contributed by atoms with Gasteiger partial charge in [0.1, 0.15) is 5.71 Å². The first-order chi connectivity index (χ1) is 10.2. The van der Waals surface area contributed by atoms with Crippen LogP contribution in [0.4, 0.5) is 0 Å². The summed E-state index contributed by atoms with van der Waals surface area (Å²) >= 11 is 0. The van der Waals surface area contributed by atoms with Crippen LogP contribution in [-0.4, -0.2) is 16.6 Å². The quantitative estimate of drug-likeness (QED) is 0.666. The maximum Gasteiger partial charge on any atom is 0.341 e. The van der Waals surface area contributed by atoms with Crippen molar-refractivity contribution in [2.75, 3.05) is 0 Å². The van der Waals surface area contributed by atoms with Crippen LogP contribution in [-0.2, 0) is 4.79 Å². The van der Waals surface area contributed by atoms with Crippen molar-refractivity contribution in [3.63, 3.8) is 0 Å². The number of carbonyl (C=O) groups excluding carboxylic acids is 1. The summed E-state index contributed by atoms with van der Waals surface area (Å²) in [5.41, 5.74) is 1.56. The normalized spacial score (nSPS) is 18.5. The lowest BCUT2D eigenvalue weighted by Crippen LogP contribution is -3.06. The molecular weight excluding hydrogens is 266 g/mol. The van der Waals surface area contributed by atoms with Gasteiger partial charge in [-0.2, -0.15) is 5.17 Å². The van der Waals surface area contributed by atoms with Crippen LogP contribution < -0.4 is 5.17 Å². The number of pyridine rings is 1. The second-order valence-electron chi connectivity index (χ2n) is 5.55. The van der Waals surface area contributed by atoms with Gasteiger partial charge in [-0.05, 0) is 31.4 Å². The van der Waals surface area contributed by atoms with Gasteiger partial charge in [-0.3, -0.25) is 4.98 Å². The van der Waals surface area contributed by atoms with Gasteiger partial charge in [0.2, 0.25) is 0 Å². The first kappa shape index (κ1) is 15.8. The maximum atomic E-state index is 12.2. The summed E-state index contributed by atoms with van der Waals surface area (Å²) in [4.78, 5) is 16.2. The third-order valence-corrected chi connectivity index (χ3v) is 3.92. The van der Waals surface area contributed by atoms with Crippen LogP contribution in [0.15, 0.2) is 29.6 Å². The molecule has 1 saturated carbocycles. The predicted molar refractivity (Wildman–Crippen MR) is 81.6 cm³/mol. The predicted octanol–water partition coefficient (Wildman–Crippen LogP) is 2.08. The van der Waals surface area contributed by atoms with Gasteiger partial charge in [-0.15, -0.1) is 0 Å². The van der Waals surface area contributed by atoms with Crippen molar-refractivity contribution in [3.8, 4) is 0 Å². The smallest absolute Gasteiger partial charge is 0.341 e. The van der Waals surface area contributed by atoms with Gasteiger partial charge >= 0.3 is 5.91 Å². The molecular formula is C16H23N3O2. The molecule has 1 amide bonds. The molecule has 1 unspecified atom stereocenters. The van der Waals surface area contributed by atoms with Crippen molar-refractivity contribution in [1.82, 2.24) is 4.98 Å². The molecule has 1 aromatic heterocycles. The average molecular weight is 289 g/mol. The van der Waals surface area contributed by atoms with Crippen molar-refractivity contribution in [1.29, 1.82) is 0 Å². The largest absolute Gasteiger partial charge is 0.599 e. The Morgan fingerprint density at radius 3 is 2.62 bits per heavy atom. The number of hydrogen-bond acceptors (Lipinski definition) is 4. The second kappa shape index (κ2) is 8.00. The van der Waals surface area contributed by atoms with E-state index in [1.54, 1.807) is 12.4 Å². The minimum Gasteiger partial charge on any atom is -0.599 e. The van der Waals surface area contributed by atoms with E-state index in [1.807, 2.05) is 19.1 Å². The van der Waals surface area contributed by atoms with Crippen LogP contribution in [0.3, 0.4) is 0 Å². The first-order valence-corrected chi connectivity index (χ1v) is 7.78. The van der Waals surface area contributed by atoms with Crippen molar-refractivity contribution in [2.45, 2.75) is 51.9 Å². The molecule has 0 aromatic carbocycles. The number of amides is 1. The zero-order chi connectivity index (χ0) is 15.1. The lowest BCUT2D eigenvalue weighted by Gasteiger charge is -2.23. The molecule has 1 atom stereocenters. The van der Waals surface area contributed by atoms with Gasteiger partial charge in [0, 0.05) is 18.0 Å². The third kappa shape index (κ3) is 4.44. The summed E-state index contributed by atoms with van der Waals surface area (Å²) in [5.74, 6) is -0.423. The van der Waals surface area contributed by atoms with Gasteiger partial charge in [-0.25, -0.2) is 4.79 Å².